The van der Waals surface area contributed by atoms with Crippen molar-refractivity contribution < 1.29 is 23.7 Å². The predicted molar refractivity (Wildman–Crippen MR) is 124 cm³/mol. The van der Waals surface area contributed by atoms with E-state index in [2.05, 4.69) is 12.1 Å². The lowest BCUT2D eigenvalue weighted by atomic mass is 10.0. The first kappa shape index (κ1) is 23.9. The van der Waals surface area contributed by atoms with Crippen molar-refractivity contribution in [1.29, 1.82) is 0 Å². The Morgan fingerprint density at radius 2 is 1.88 bits per heavy atom. The average Bonchev–Trinajstić information content (AvgIpc) is 3.23. The number of carbonyl (C=O) groups excluding carboxylic acids is 1. The molecule has 2 aromatic carbocycles. The lowest BCUT2D eigenvalue weighted by molar-refractivity contribution is 0.0187. The topological polar surface area (TPSA) is 57.2 Å². The first-order valence-corrected chi connectivity index (χ1v) is 11.3. The molecule has 0 spiro atoms. The summed E-state index contributed by atoms with van der Waals surface area (Å²) in [6.45, 7) is 7.09. The highest BCUT2D eigenvalue weighted by Crippen LogP contribution is 2.25. The SMILES string of the molecule is COCOc1cccc(CCc2ccccc2OC[C@@H]2CCCN2C(=O)OC(C)(C)C)c1. The summed E-state index contributed by atoms with van der Waals surface area (Å²) < 4.78 is 22.3. The third-order valence-corrected chi connectivity index (χ3v) is 5.33. The minimum absolute atomic E-state index is 0.0347. The van der Waals surface area contributed by atoms with Crippen LogP contribution >= 0.6 is 0 Å². The number of rotatable bonds is 9. The van der Waals surface area contributed by atoms with Crippen molar-refractivity contribution in [3.05, 3.63) is 59.7 Å². The lowest BCUT2D eigenvalue weighted by Gasteiger charge is -2.28. The van der Waals surface area contributed by atoms with Crippen LogP contribution in [0.1, 0.15) is 44.7 Å². The molecule has 0 radical (unpaired) electrons. The largest absolute Gasteiger partial charge is 0.491 e. The summed E-state index contributed by atoms with van der Waals surface area (Å²) in [5.74, 6) is 1.67. The molecule has 1 aliphatic rings. The average molecular weight is 442 g/mol. The van der Waals surface area contributed by atoms with Crippen molar-refractivity contribution >= 4 is 6.09 Å². The van der Waals surface area contributed by atoms with E-state index in [1.165, 1.54) is 5.56 Å². The van der Waals surface area contributed by atoms with Gasteiger partial charge < -0.3 is 23.8 Å². The van der Waals surface area contributed by atoms with Crippen LogP contribution in [0.4, 0.5) is 4.79 Å². The molecule has 0 bridgehead atoms. The Kier molecular flexibility index (Phi) is 8.39. The fraction of sp³-hybridized carbons (Fsp3) is 0.500. The number of carbonyl (C=O) groups is 1. The van der Waals surface area contributed by atoms with Gasteiger partial charge in [-0.2, -0.15) is 0 Å². The zero-order chi connectivity index (χ0) is 23.0. The van der Waals surface area contributed by atoms with E-state index in [9.17, 15) is 4.79 Å². The molecule has 1 heterocycles. The smallest absolute Gasteiger partial charge is 0.410 e. The first-order chi connectivity index (χ1) is 15.4. The van der Waals surface area contributed by atoms with Crippen LogP contribution in [-0.4, -0.2) is 49.7 Å². The molecule has 1 aliphatic heterocycles. The maximum absolute atomic E-state index is 12.5. The van der Waals surface area contributed by atoms with E-state index >= 15 is 0 Å². The van der Waals surface area contributed by atoms with Crippen LogP contribution in [0.3, 0.4) is 0 Å². The van der Waals surface area contributed by atoms with Crippen LogP contribution in [0.5, 0.6) is 11.5 Å². The highest BCUT2D eigenvalue weighted by Gasteiger charge is 2.32. The van der Waals surface area contributed by atoms with E-state index in [1.807, 2.05) is 57.2 Å². The number of hydrogen-bond acceptors (Lipinski definition) is 5. The van der Waals surface area contributed by atoms with Gasteiger partial charge in [0.2, 0.25) is 0 Å². The monoisotopic (exact) mass is 441 g/mol. The number of amides is 1. The van der Waals surface area contributed by atoms with Crippen molar-refractivity contribution in [2.24, 2.45) is 0 Å². The zero-order valence-corrected chi connectivity index (χ0v) is 19.6. The van der Waals surface area contributed by atoms with Gasteiger partial charge in [-0.25, -0.2) is 4.79 Å². The van der Waals surface area contributed by atoms with Crippen LogP contribution in [0.2, 0.25) is 0 Å². The highest BCUT2D eigenvalue weighted by molar-refractivity contribution is 5.69. The number of para-hydroxylation sites is 1. The molecule has 3 rings (SSSR count). The Morgan fingerprint density at radius 3 is 2.66 bits per heavy atom. The second kappa shape index (κ2) is 11.2. The van der Waals surface area contributed by atoms with Gasteiger partial charge in [-0.1, -0.05) is 30.3 Å². The summed E-state index contributed by atoms with van der Waals surface area (Å²) in [5.41, 5.74) is 1.85. The Hall–Kier alpha value is -2.73. The Balaban J connectivity index is 1.58. The molecule has 0 aromatic heterocycles. The number of aryl methyl sites for hydroxylation is 2. The quantitative estimate of drug-likeness (QED) is 0.499. The third-order valence-electron chi connectivity index (χ3n) is 5.33. The fourth-order valence-electron chi connectivity index (χ4n) is 3.80. The summed E-state index contributed by atoms with van der Waals surface area (Å²) in [5, 5.41) is 0. The van der Waals surface area contributed by atoms with Gasteiger partial charge in [0.15, 0.2) is 6.79 Å². The van der Waals surface area contributed by atoms with Crippen molar-refractivity contribution in [2.75, 3.05) is 27.1 Å². The van der Waals surface area contributed by atoms with Gasteiger partial charge in [-0.15, -0.1) is 0 Å². The Morgan fingerprint density at radius 1 is 1.06 bits per heavy atom. The summed E-state index contributed by atoms with van der Waals surface area (Å²) in [6, 6.07) is 16.2. The maximum atomic E-state index is 12.5. The Labute approximate surface area is 191 Å². The number of hydrogen-bond donors (Lipinski definition) is 0. The van der Waals surface area contributed by atoms with Gasteiger partial charge in [-0.05, 0) is 75.8 Å². The summed E-state index contributed by atoms with van der Waals surface area (Å²) in [6.07, 6.45) is 3.36. The van der Waals surface area contributed by atoms with Crippen molar-refractivity contribution in [1.82, 2.24) is 4.90 Å². The van der Waals surface area contributed by atoms with Crippen molar-refractivity contribution in [3.63, 3.8) is 0 Å². The predicted octanol–water partition coefficient (Wildman–Crippen LogP) is 5.23. The Bertz CT molecular complexity index is 877. The number of methoxy groups -OCH3 is 1. The molecule has 1 amide bonds. The van der Waals surface area contributed by atoms with Crippen LogP contribution < -0.4 is 9.47 Å². The minimum atomic E-state index is -0.496. The van der Waals surface area contributed by atoms with Gasteiger partial charge in [-0.3, -0.25) is 0 Å². The van der Waals surface area contributed by atoms with E-state index in [0.29, 0.717) is 13.2 Å². The number of nitrogens with zero attached hydrogens (tertiary/aromatic N) is 1. The van der Waals surface area contributed by atoms with Gasteiger partial charge in [0.1, 0.15) is 23.7 Å². The van der Waals surface area contributed by atoms with Crippen LogP contribution in [0.15, 0.2) is 48.5 Å². The lowest BCUT2D eigenvalue weighted by Crippen LogP contribution is -2.42. The van der Waals surface area contributed by atoms with E-state index in [4.69, 9.17) is 18.9 Å². The molecule has 1 atom stereocenters. The molecule has 174 valence electrons. The van der Waals surface area contributed by atoms with Crippen molar-refractivity contribution in [2.45, 2.75) is 58.1 Å². The van der Waals surface area contributed by atoms with Crippen LogP contribution in [-0.2, 0) is 22.3 Å². The fourth-order valence-corrected chi connectivity index (χ4v) is 3.80. The molecule has 0 N–H and O–H groups in total. The van der Waals surface area contributed by atoms with E-state index in [-0.39, 0.29) is 18.9 Å². The standard InChI is InChI=1S/C26H35NO5/c1-26(2,3)32-25(28)27-16-8-11-22(27)18-30-24-13-6-5-10-21(24)15-14-20-9-7-12-23(17-20)31-19-29-4/h5-7,9-10,12-13,17,22H,8,11,14-16,18-19H2,1-4H3/t22-/m0/s1. The van der Waals surface area contributed by atoms with Gasteiger partial charge >= 0.3 is 6.09 Å². The number of ether oxygens (including phenoxy) is 4. The first-order valence-electron chi connectivity index (χ1n) is 11.3. The second-order valence-electron chi connectivity index (χ2n) is 9.09. The molecule has 6 heteroatoms. The molecule has 1 saturated heterocycles. The molecule has 0 aliphatic carbocycles. The van der Waals surface area contributed by atoms with Crippen LogP contribution in [0, 0.1) is 0 Å². The molecule has 6 nitrogen and oxygen atoms in total. The highest BCUT2D eigenvalue weighted by atomic mass is 16.7. The van der Waals surface area contributed by atoms with Gasteiger partial charge in [0.25, 0.3) is 0 Å². The van der Waals surface area contributed by atoms with Crippen molar-refractivity contribution in [3.8, 4) is 11.5 Å². The molecule has 1 fully saturated rings. The number of likely N-dealkylation sites (tertiary alicyclic amines) is 1. The van der Waals surface area contributed by atoms with E-state index < -0.39 is 5.60 Å². The number of benzene rings is 2. The maximum Gasteiger partial charge on any atom is 0.410 e. The van der Waals surface area contributed by atoms with E-state index in [0.717, 1.165) is 42.7 Å². The molecular weight excluding hydrogens is 406 g/mol. The minimum Gasteiger partial charge on any atom is -0.491 e. The molecule has 2 aromatic rings. The normalized spacial score (nSPS) is 16.1. The molecule has 32 heavy (non-hydrogen) atoms. The third kappa shape index (κ3) is 7.16. The zero-order valence-electron chi connectivity index (χ0n) is 19.6. The van der Waals surface area contributed by atoms with E-state index in [1.54, 1.807) is 12.0 Å². The summed E-state index contributed by atoms with van der Waals surface area (Å²) in [7, 11) is 1.61. The molecular formula is C26H35NO5. The van der Waals surface area contributed by atoms with Gasteiger partial charge in [0.05, 0.1) is 6.04 Å². The summed E-state index contributed by atoms with van der Waals surface area (Å²) in [4.78, 5) is 14.3. The van der Waals surface area contributed by atoms with Crippen LogP contribution in [0.25, 0.3) is 0 Å². The summed E-state index contributed by atoms with van der Waals surface area (Å²) >= 11 is 0. The second-order valence-corrected chi connectivity index (χ2v) is 9.09. The molecule has 0 unspecified atom stereocenters. The van der Waals surface area contributed by atoms with Gasteiger partial charge in [0, 0.05) is 13.7 Å². The molecule has 0 saturated carbocycles.